The zero-order chi connectivity index (χ0) is 26.9. The number of aromatic nitrogens is 2. The van der Waals surface area contributed by atoms with E-state index in [1.165, 1.54) is 19.0 Å². The minimum atomic E-state index is -1.20. The third-order valence-corrected chi connectivity index (χ3v) is 5.64. The maximum absolute atomic E-state index is 13.3. The van der Waals surface area contributed by atoms with Crippen LogP contribution in [0.25, 0.3) is 0 Å². The van der Waals surface area contributed by atoms with Crippen LogP contribution in [-0.2, 0) is 47.5 Å². The summed E-state index contributed by atoms with van der Waals surface area (Å²) in [5.74, 6) is -4.74. The molecule has 3 rings (SSSR count). The summed E-state index contributed by atoms with van der Waals surface area (Å²) in [6, 6.07) is 0. The number of aliphatic imine (C=N–C) groups is 1. The number of rotatable bonds is 6. The third-order valence-electron chi connectivity index (χ3n) is 5.64. The minimum absolute atomic E-state index is 0.0280. The van der Waals surface area contributed by atoms with E-state index in [-0.39, 0.29) is 24.0 Å². The lowest BCUT2D eigenvalue weighted by Gasteiger charge is -2.26. The highest BCUT2D eigenvalue weighted by atomic mass is 16.5. The van der Waals surface area contributed by atoms with Gasteiger partial charge in [-0.25, -0.2) is 24.2 Å². The number of anilines is 2. The third kappa shape index (κ3) is 3.99. The first kappa shape index (κ1) is 26.1. The van der Waals surface area contributed by atoms with E-state index in [2.05, 4.69) is 9.73 Å². The molecule has 2 aliphatic rings. The van der Waals surface area contributed by atoms with Crippen molar-refractivity contribution in [2.75, 3.05) is 37.7 Å². The summed E-state index contributed by atoms with van der Waals surface area (Å²) in [7, 11) is 5.75. The molecule has 0 unspecified atom stereocenters. The number of hydrogen-bond donors (Lipinski definition) is 0. The molecule has 0 aromatic carbocycles. The molecule has 1 aromatic heterocycles. The van der Waals surface area contributed by atoms with Crippen LogP contribution in [0.1, 0.15) is 19.8 Å². The summed E-state index contributed by atoms with van der Waals surface area (Å²) in [5.41, 5.74) is -3.38. The fourth-order valence-electron chi connectivity index (χ4n) is 3.82. The number of nitrogens with zero attached hydrogens (tertiary/aromatic N) is 5. The summed E-state index contributed by atoms with van der Waals surface area (Å²) >= 11 is 0. The van der Waals surface area contributed by atoms with E-state index in [1.54, 1.807) is 0 Å². The molecule has 0 atom stereocenters. The number of fused-ring (bicyclic) bond motifs is 3. The molecule has 0 N–H and O–H groups in total. The number of methoxy groups -OCH3 is 3. The molecular formula is C22H25N5O9. The summed E-state index contributed by atoms with van der Waals surface area (Å²) in [5, 5.41) is 0. The molecule has 192 valence electrons. The van der Waals surface area contributed by atoms with Gasteiger partial charge in [0.05, 0.1) is 21.3 Å². The number of ketones is 1. The van der Waals surface area contributed by atoms with Gasteiger partial charge in [0.15, 0.2) is 23.0 Å². The second-order valence-corrected chi connectivity index (χ2v) is 7.72. The van der Waals surface area contributed by atoms with Crippen LogP contribution < -0.4 is 21.0 Å². The number of carbonyl (C=O) groups excluding carboxylic acids is 4. The van der Waals surface area contributed by atoms with Crippen molar-refractivity contribution in [3.8, 4) is 0 Å². The number of ether oxygens (including phenoxy) is 3. The van der Waals surface area contributed by atoms with Crippen LogP contribution >= 0.6 is 0 Å². The minimum Gasteiger partial charge on any atom is -0.465 e. The van der Waals surface area contributed by atoms with Gasteiger partial charge in [-0.2, -0.15) is 0 Å². The van der Waals surface area contributed by atoms with Crippen LogP contribution in [0.2, 0.25) is 0 Å². The Kier molecular flexibility index (Phi) is 7.27. The quantitative estimate of drug-likeness (QED) is 0.269. The van der Waals surface area contributed by atoms with Crippen LogP contribution in [0.5, 0.6) is 0 Å². The lowest BCUT2D eigenvalue weighted by atomic mass is 10.1. The van der Waals surface area contributed by atoms with Gasteiger partial charge >= 0.3 is 23.6 Å². The number of carbonyl (C=O) groups is 4. The Bertz CT molecular complexity index is 1380. The van der Waals surface area contributed by atoms with E-state index in [1.807, 2.05) is 6.92 Å². The average molecular weight is 503 g/mol. The van der Waals surface area contributed by atoms with Gasteiger partial charge in [0.25, 0.3) is 5.56 Å². The Morgan fingerprint density at radius 3 is 2.08 bits per heavy atom. The zero-order valence-electron chi connectivity index (χ0n) is 20.6. The summed E-state index contributed by atoms with van der Waals surface area (Å²) in [4.78, 5) is 84.1. The van der Waals surface area contributed by atoms with Gasteiger partial charge < -0.3 is 19.1 Å². The molecule has 0 radical (unpaired) electrons. The van der Waals surface area contributed by atoms with E-state index in [0.29, 0.717) is 12.8 Å². The first-order valence-electron chi connectivity index (χ1n) is 10.8. The second-order valence-electron chi connectivity index (χ2n) is 7.72. The average Bonchev–Trinajstić information content (AvgIpc) is 3.18. The molecule has 3 heterocycles. The lowest BCUT2D eigenvalue weighted by Crippen LogP contribution is -2.43. The fourth-order valence-corrected chi connectivity index (χ4v) is 3.82. The van der Waals surface area contributed by atoms with Crippen LogP contribution in [0.4, 0.5) is 11.5 Å². The van der Waals surface area contributed by atoms with Crippen molar-refractivity contribution >= 4 is 41.2 Å². The number of guanidine groups is 1. The van der Waals surface area contributed by atoms with Gasteiger partial charge in [0, 0.05) is 26.7 Å². The molecule has 0 saturated carbocycles. The topological polar surface area (TPSA) is 159 Å². The molecule has 0 aliphatic carbocycles. The Hall–Kier alpha value is -4.49. The van der Waals surface area contributed by atoms with Crippen molar-refractivity contribution in [1.82, 2.24) is 9.13 Å². The SMILES string of the molecule is CCCCN1C2=N/C(C(=O)OC)=C(/C(=O)OC)C(=O)/C=C(/C(=O)OC)N2c2c1c(=O)n(C)c(=O)n2C. The Labute approximate surface area is 204 Å². The van der Waals surface area contributed by atoms with Crippen molar-refractivity contribution in [3.05, 3.63) is 43.9 Å². The van der Waals surface area contributed by atoms with Gasteiger partial charge in [-0.05, 0) is 6.42 Å². The Morgan fingerprint density at radius 1 is 0.917 bits per heavy atom. The predicted octanol–water partition coefficient (Wildman–Crippen LogP) is -0.894. The molecule has 0 spiro atoms. The van der Waals surface area contributed by atoms with Crippen LogP contribution in [0.3, 0.4) is 0 Å². The molecular weight excluding hydrogens is 478 g/mol. The van der Waals surface area contributed by atoms with Crippen molar-refractivity contribution in [3.63, 3.8) is 0 Å². The van der Waals surface area contributed by atoms with E-state index < -0.39 is 51.9 Å². The Morgan fingerprint density at radius 2 is 1.53 bits per heavy atom. The molecule has 0 saturated heterocycles. The number of allylic oxidation sites excluding steroid dienone is 1. The zero-order valence-corrected chi connectivity index (χ0v) is 20.6. The van der Waals surface area contributed by atoms with Crippen molar-refractivity contribution < 1.29 is 33.4 Å². The van der Waals surface area contributed by atoms with Gasteiger partial charge in [0.2, 0.25) is 5.96 Å². The first-order chi connectivity index (χ1) is 17.0. The number of unbranched alkanes of at least 4 members (excludes halogenated alkanes) is 1. The first-order valence-corrected chi connectivity index (χ1v) is 10.8. The van der Waals surface area contributed by atoms with E-state index in [4.69, 9.17) is 9.47 Å². The van der Waals surface area contributed by atoms with Crippen LogP contribution in [-0.4, -0.2) is 66.7 Å². The van der Waals surface area contributed by atoms with E-state index in [9.17, 15) is 28.8 Å². The molecule has 2 aliphatic heterocycles. The summed E-state index contributed by atoms with van der Waals surface area (Å²) in [6.45, 7) is 2.08. The van der Waals surface area contributed by atoms with Gasteiger partial charge in [0.1, 0.15) is 11.3 Å². The summed E-state index contributed by atoms with van der Waals surface area (Å²) in [6.07, 6.45) is 1.98. The standard InChI is InChI=1S/C22H25N5O9/c1-7-8-9-26-15-16(24(2)22(33)25(3)17(15)29)27-11(18(30)34-4)10-12(28)13(19(31)35-5)14(20(32)36-6)23-21(26)27/h10H,7-9H2,1-6H3/b11-10-,14-13+,23-21?. The second kappa shape index (κ2) is 10.0. The van der Waals surface area contributed by atoms with Gasteiger partial charge in [-0.3, -0.25) is 23.6 Å². The summed E-state index contributed by atoms with van der Waals surface area (Å²) < 4.78 is 16.2. The fraction of sp³-hybridized carbons (Fsp3) is 0.409. The molecule has 36 heavy (non-hydrogen) atoms. The van der Waals surface area contributed by atoms with Crippen molar-refractivity contribution in [1.29, 1.82) is 0 Å². The van der Waals surface area contributed by atoms with Crippen molar-refractivity contribution in [2.45, 2.75) is 19.8 Å². The van der Waals surface area contributed by atoms with Crippen LogP contribution in [0, 0.1) is 0 Å². The lowest BCUT2D eigenvalue weighted by molar-refractivity contribution is -0.140. The van der Waals surface area contributed by atoms with Gasteiger partial charge in [-0.15, -0.1) is 0 Å². The highest BCUT2D eigenvalue weighted by molar-refractivity contribution is 6.30. The molecule has 0 fully saturated rings. The van der Waals surface area contributed by atoms with Crippen molar-refractivity contribution in [2.24, 2.45) is 19.1 Å². The maximum Gasteiger partial charge on any atom is 0.357 e. The molecule has 14 heteroatoms. The highest BCUT2D eigenvalue weighted by Crippen LogP contribution is 2.38. The van der Waals surface area contributed by atoms with Gasteiger partial charge in [-0.1, -0.05) is 13.3 Å². The molecule has 0 amide bonds. The Balaban J connectivity index is 2.57. The smallest absolute Gasteiger partial charge is 0.357 e. The molecule has 1 aromatic rings. The number of hydrogen-bond acceptors (Lipinski definition) is 12. The normalized spacial score (nSPS) is 18.3. The highest BCUT2D eigenvalue weighted by Gasteiger charge is 2.45. The molecule has 0 bridgehead atoms. The largest absolute Gasteiger partial charge is 0.465 e. The van der Waals surface area contributed by atoms with Crippen LogP contribution in [0.15, 0.2) is 37.6 Å². The monoisotopic (exact) mass is 503 g/mol. The molecule has 14 nitrogen and oxygen atoms in total. The van der Waals surface area contributed by atoms with E-state index >= 15 is 0 Å². The van der Waals surface area contributed by atoms with E-state index in [0.717, 1.165) is 41.4 Å². The predicted molar refractivity (Wildman–Crippen MR) is 125 cm³/mol. The maximum atomic E-state index is 13.3. The number of esters is 3.